The second-order valence-corrected chi connectivity index (χ2v) is 5.75. The fourth-order valence-electron chi connectivity index (χ4n) is 2.28. The predicted molar refractivity (Wildman–Crippen MR) is 65.1 cm³/mol. The van der Waals surface area contributed by atoms with E-state index in [1.54, 1.807) is 18.7 Å². The van der Waals surface area contributed by atoms with E-state index in [2.05, 4.69) is 10.6 Å². The third-order valence-corrected chi connectivity index (χ3v) is 4.15. The van der Waals surface area contributed by atoms with E-state index >= 15 is 0 Å². The van der Waals surface area contributed by atoms with Gasteiger partial charge in [-0.05, 0) is 20.3 Å². The number of nitrogens with zero attached hydrogens (tertiary/aromatic N) is 1. The van der Waals surface area contributed by atoms with Crippen molar-refractivity contribution in [2.75, 3.05) is 19.0 Å². The van der Waals surface area contributed by atoms with E-state index < -0.39 is 17.0 Å². The van der Waals surface area contributed by atoms with Crippen LogP contribution in [-0.2, 0) is 9.59 Å². The largest absolute Gasteiger partial charge is 0.339 e. The van der Waals surface area contributed by atoms with E-state index in [4.69, 9.17) is 11.6 Å². The normalized spacial score (nSPS) is 27.6. The smallest absolute Gasteiger partial charge is 0.322 e. The van der Waals surface area contributed by atoms with Crippen molar-refractivity contribution in [3.63, 3.8) is 0 Å². The van der Waals surface area contributed by atoms with Crippen LogP contribution < -0.4 is 10.6 Å². The Hall–Kier alpha value is -1.30. The Morgan fingerprint density at radius 2 is 2.17 bits per heavy atom. The van der Waals surface area contributed by atoms with Crippen molar-refractivity contribution in [3.05, 3.63) is 0 Å². The molecular weight excluding hydrogens is 258 g/mol. The first-order chi connectivity index (χ1) is 8.31. The SMILES string of the molecule is CC(C)(CCl)C(=O)N1CCC2(C1)NC(=O)NC2=O. The topological polar surface area (TPSA) is 78.5 Å². The fraction of sp³-hybridized carbons (Fsp3) is 0.727. The fourth-order valence-corrected chi connectivity index (χ4v) is 2.40. The molecule has 1 spiro atoms. The highest BCUT2D eigenvalue weighted by Gasteiger charge is 2.52. The molecule has 0 bridgehead atoms. The number of hydrogen-bond donors (Lipinski definition) is 2. The average Bonchev–Trinajstić information content (AvgIpc) is 2.84. The molecule has 1 unspecified atom stereocenters. The molecule has 4 amide bonds. The van der Waals surface area contributed by atoms with Crippen LogP contribution >= 0.6 is 11.6 Å². The summed E-state index contributed by atoms with van der Waals surface area (Å²) < 4.78 is 0. The molecule has 2 fully saturated rings. The zero-order valence-corrected chi connectivity index (χ0v) is 11.1. The van der Waals surface area contributed by atoms with Gasteiger partial charge in [-0.3, -0.25) is 14.9 Å². The summed E-state index contributed by atoms with van der Waals surface area (Å²) in [4.78, 5) is 36.7. The van der Waals surface area contributed by atoms with Crippen LogP contribution in [0.15, 0.2) is 0 Å². The number of urea groups is 1. The summed E-state index contributed by atoms with van der Waals surface area (Å²) in [6.45, 7) is 4.19. The highest BCUT2D eigenvalue weighted by Crippen LogP contribution is 2.29. The van der Waals surface area contributed by atoms with E-state index in [1.807, 2.05) is 0 Å². The number of imide groups is 1. The summed E-state index contributed by atoms with van der Waals surface area (Å²) >= 11 is 5.77. The Bertz CT molecular complexity index is 424. The Balaban J connectivity index is 2.12. The Morgan fingerprint density at radius 1 is 1.50 bits per heavy atom. The monoisotopic (exact) mass is 273 g/mol. The van der Waals surface area contributed by atoms with Crippen LogP contribution in [0.2, 0.25) is 0 Å². The molecule has 100 valence electrons. The van der Waals surface area contributed by atoms with Gasteiger partial charge in [0.05, 0.1) is 12.0 Å². The van der Waals surface area contributed by atoms with E-state index in [9.17, 15) is 14.4 Å². The van der Waals surface area contributed by atoms with Gasteiger partial charge < -0.3 is 10.2 Å². The van der Waals surface area contributed by atoms with Crippen LogP contribution in [0.1, 0.15) is 20.3 Å². The quantitative estimate of drug-likeness (QED) is 0.552. The lowest BCUT2D eigenvalue weighted by atomic mass is 9.94. The maximum atomic E-state index is 12.2. The van der Waals surface area contributed by atoms with Crippen LogP contribution in [-0.4, -0.2) is 47.3 Å². The number of amides is 4. The molecule has 18 heavy (non-hydrogen) atoms. The molecule has 0 aromatic rings. The first-order valence-corrected chi connectivity index (χ1v) is 6.33. The lowest BCUT2D eigenvalue weighted by molar-refractivity contribution is -0.138. The highest BCUT2D eigenvalue weighted by atomic mass is 35.5. The second-order valence-electron chi connectivity index (χ2n) is 5.48. The van der Waals surface area contributed by atoms with Gasteiger partial charge in [-0.2, -0.15) is 0 Å². The minimum atomic E-state index is -0.949. The number of likely N-dealkylation sites (tertiary alicyclic amines) is 1. The van der Waals surface area contributed by atoms with Crippen LogP contribution in [0.3, 0.4) is 0 Å². The summed E-state index contributed by atoms with van der Waals surface area (Å²) in [5, 5.41) is 4.82. The van der Waals surface area contributed by atoms with Gasteiger partial charge in [0.1, 0.15) is 5.54 Å². The number of carbonyl (C=O) groups is 3. The van der Waals surface area contributed by atoms with Crippen molar-refractivity contribution in [1.82, 2.24) is 15.5 Å². The summed E-state index contributed by atoms with van der Waals surface area (Å²) in [6, 6.07) is -0.495. The van der Waals surface area contributed by atoms with Crippen LogP contribution in [0, 0.1) is 5.41 Å². The number of nitrogens with one attached hydrogen (secondary N) is 2. The van der Waals surface area contributed by atoms with E-state index in [0.717, 1.165) is 0 Å². The third kappa shape index (κ3) is 1.94. The second kappa shape index (κ2) is 4.12. The first-order valence-electron chi connectivity index (χ1n) is 5.80. The lowest BCUT2D eigenvalue weighted by Crippen LogP contribution is -2.51. The molecule has 2 aliphatic heterocycles. The predicted octanol–water partition coefficient (Wildman–Crippen LogP) is 0.0619. The molecule has 0 aromatic carbocycles. The molecular formula is C11H16ClN3O3. The van der Waals surface area contributed by atoms with Gasteiger partial charge in [0.2, 0.25) is 5.91 Å². The molecule has 6 nitrogen and oxygen atoms in total. The highest BCUT2D eigenvalue weighted by molar-refractivity contribution is 6.19. The van der Waals surface area contributed by atoms with Crippen LogP contribution in [0.25, 0.3) is 0 Å². The van der Waals surface area contributed by atoms with Gasteiger partial charge >= 0.3 is 6.03 Å². The van der Waals surface area contributed by atoms with Crippen molar-refractivity contribution < 1.29 is 14.4 Å². The lowest BCUT2D eigenvalue weighted by Gasteiger charge is -2.28. The maximum absolute atomic E-state index is 12.2. The van der Waals surface area contributed by atoms with Crippen molar-refractivity contribution in [2.45, 2.75) is 25.8 Å². The number of halogens is 1. The maximum Gasteiger partial charge on any atom is 0.322 e. The molecule has 1 atom stereocenters. The van der Waals surface area contributed by atoms with Crippen molar-refractivity contribution in [2.24, 2.45) is 5.41 Å². The molecule has 0 radical (unpaired) electrons. The van der Waals surface area contributed by atoms with Gasteiger partial charge in [-0.25, -0.2) is 4.79 Å². The van der Waals surface area contributed by atoms with E-state index in [0.29, 0.717) is 13.0 Å². The minimum absolute atomic E-state index is 0.0941. The Labute approximate surface area is 110 Å². The average molecular weight is 274 g/mol. The summed E-state index contributed by atoms with van der Waals surface area (Å²) in [6.07, 6.45) is 0.439. The van der Waals surface area contributed by atoms with Gasteiger partial charge in [-0.1, -0.05) is 0 Å². The number of carbonyl (C=O) groups excluding carboxylic acids is 3. The van der Waals surface area contributed by atoms with E-state index in [1.165, 1.54) is 0 Å². The van der Waals surface area contributed by atoms with Crippen molar-refractivity contribution in [1.29, 1.82) is 0 Å². The molecule has 0 aliphatic carbocycles. The van der Waals surface area contributed by atoms with Gasteiger partial charge in [-0.15, -0.1) is 11.6 Å². The van der Waals surface area contributed by atoms with Crippen molar-refractivity contribution in [3.8, 4) is 0 Å². The molecule has 2 rings (SSSR count). The molecule has 2 N–H and O–H groups in total. The molecule has 0 saturated carbocycles. The molecule has 7 heteroatoms. The first kappa shape index (κ1) is 13.1. The number of rotatable bonds is 2. The third-order valence-electron chi connectivity index (χ3n) is 3.48. The molecule has 2 aliphatic rings. The van der Waals surface area contributed by atoms with E-state index in [-0.39, 0.29) is 24.2 Å². The summed E-state index contributed by atoms with van der Waals surface area (Å²) in [5.41, 5.74) is -1.61. The van der Waals surface area contributed by atoms with Gasteiger partial charge in [0.25, 0.3) is 5.91 Å². The molecule has 2 saturated heterocycles. The summed E-state index contributed by atoms with van der Waals surface area (Å²) in [7, 11) is 0. The molecule has 2 heterocycles. The minimum Gasteiger partial charge on any atom is -0.339 e. The Morgan fingerprint density at radius 3 is 2.67 bits per heavy atom. The molecule has 0 aromatic heterocycles. The summed E-state index contributed by atoms with van der Waals surface area (Å²) in [5.74, 6) is -0.233. The van der Waals surface area contributed by atoms with Crippen LogP contribution in [0.4, 0.5) is 4.79 Å². The number of hydrogen-bond acceptors (Lipinski definition) is 3. The van der Waals surface area contributed by atoms with Gasteiger partial charge in [0.15, 0.2) is 0 Å². The van der Waals surface area contributed by atoms with Crippen molar-refractivity contribution >= 4 is 29.4 Å². The Kier molecular flexibility index (Phi) is 3.01. The van der Waals surface area contributed by atoms with Crippen LogP contribution in [0.5, 0.6) is 0 Å². The number of alkyl halides is 1. The zero-order valence-electron chi connectivity index (χ0n) is 10.4. The standard InChI is InChI=1S/C11H16ClN3O3/c1-10(2,5-12)8(17)15-4-3-11(6-15)7(16)13-9(18)14-11/h3-6H2,1-2H3,(H2,13,14,16,18). The zero-order chi connectivity index (χ0) is 13.6. The van der Waals surface area contributed by atoms with Gasteiger partial charge in [0, 0.05) is 12.4 Å².